The summed E-state index contributed by atoms with van der Waals surface area (Å²) < 4.78 is 0. The van der Waals surface area contributed by atoms with Gasteiger partial charge in [0, 0.05) is 6.92 Å². The molecule has 72 valence electrons. The first-order valence-corrected chi connectivity index (χ1v) is 4.47. The highest BCUT2D eigenvalue weighted by Crippen LogP contribution is 1.75. The van der Waals surface area contributed by atoms with Crippen molar-refractivity contribution < 1.29 is 0 Å². The molecule has 0 fully saturated rings. The lowest BCUT2D eigenvalue weighted by atomic mass is 9.52. The predicted octanol–water partition coefficient (Wildman–Crippen LogP) is 0.563. The van der Waals surface area contributed by atoms with Crippen LogP contribution in [-0.2, 0) is 0 Å². The second kappa shape index (κ2) is 11.1. The van der Waals surface area contributed by atoms with Crippen LogP contribution in [0.1, 0.15) is 6.92 Å². The molecule has 17 heavy (non-hydrogen) atoms. The van der Waals surface area contributed by atoms with Crippen molar-refractivity contribution in [2.75, 3.05) is 0 Å². The van der Waals surface area contributed by atoms with Crippen molar-refractivity contribution >= 4 is 6.71 Å². The summed E-state index contributed by atoms with van der Waals surface area (Å²) in [6, 6.07) is 0. The van der Waals surface area contributed by atoms with Gasteiger partial charge in [-0.15, -0.1) is 17.5 Å². The Kier molecular flexibility index (Phi) is 9.10. The Morgan fingerprint density at radius 3 is 1.94 bits per heavy atom. The monoisotopic (exact) mass is 208 g/mol. The molecule has 0 spiro atoms. The lowest BCUT2D eigenvalue weighted by Crippen LogP contribution is -2.03. The van der Waals surface area contributed by atoms with Crippen molar-refractivity contribution in [3.05, 3.63) is 13.3 Å². The van der Waals surface area contributed by atoms with E-state index in [0.29, 0.717) is 0 Å². The van der Waals surface area contributed by atoms with Gasteiger partial charge in [-0.25, -0.2) is 0 Å². The van der Waals surface area contributed by atoms with E-state index in [2.05, 4.69) is 77.7 Å². The van der Waals surface area contributed by atoms with Gasteiger partial charge in [-0.1, -0.05) is 11.8 Å². The van der Waals surface area contributed by atoms with Crippen molar-refractivity contribution in [1.29, 1.82) is 0 Å². The lowest BCUT2D eigenvalue weighted by molar-refractivity contribution is 1.92. The molecule has 0 saturated heterocycles. The largest absolute Gasteiger partial charge is 0.398 e. The first-order valence-electron chi connectivity index (χ1n) is 4.47. The maximum absolute atomic E-state index is 6.57. The van der Waals surface area contributed by atoms with Gasteiger partial charge in [0.2, 0.25) is 0 Å². The van der Waals surface area contributed by atoms with Crippen LogP contribution in [0, 0.1) is 90.0 Å². The summed E-state index contributed by atoms with van der Waals surface area (Å²) in [6.45, 7) is 4.57. The van der Waals surface area contributed by atoms with Gasteiger partial charge in [-0.2, -0.15) is 0 Å². The fraction of sp³-hybridized carbons (Fsp3) is 0.0625. The van der Waals surface area contributed by atoms with E-state index in [0.717, 1.165) is 0 Å². The molecule has 0 aromatic rings. The smallest absolute Gasteiger partial charge is 0.106 e. The molecule has 0 aliphatic carbocycles. The van der Waals surface area contributed by atoms with Crippen LogP contribution in [0.2, 0.25) is 0 Å². The first-order chi connectivity index (χ1) is 8.35. The highest BCUT2D eigenvalue weighted by atomic mass is 13.6. The fourth-order valence-electron chi connectivity index (χ4n) is 0.602. The predicted molar refractivity (Wildman–Crippen MR) is 70.6 cm³/mol. The molecule has 0 unspecified atom stereocenters. The van der Waals surface area contributed by atoms with E-state index in [1.807, 2.05) is 5.92 Å². The average molecular weight is 208 g/mol. The van der Waals surface area contributed by atoms with E-state index in [1.165, 1.54) is 0 Å². The third kappa shape index (κ3) is 9.29. The second-order valence-corrected chi connectivity index (χ2v) is 2.29. The van der Waals surface area contributed by atoms with Gasteiger partial charge < -0.3 is 0 Å². The fourth-order valence-corrected chi connectivity index (χ4v) is 0.602. The van der Waals surface area contributed by atoms with Gasteiger partial charge in [0.25, 0.3) is 0 Å². The molecule has 0 aromatic heterocycles. The Morgan fingerprint density at radius 1 is 0.824 bits per heavy atom. The van der Waals surface area contributed by atoms with Gasteiger partial charge in [0.1, 0.15) is 0 Å². The standard InChI is InChI=1S/C16H5B/c1-4-7-10-13-16-17(14-11-8-5-2)15-12-9-6-3/h2H2,3H3. The van der Waals surface area contributed by atoms with Crippen molar-refractivity contribution in [3.63, 3.8) is 0 Å². The molecular weight excluding hydrogens is 203 g/mol. The summed E-state index contributed by atoms with van der Waals surface area (Å²) in [7, 11) is 0. The summed E-state index contributed by atoms with van der Waals surface area (Å²) >= 11 is 0. The van der Waals surface area contributed by atoms with Crippen LogP contribution in [0.15, 0.2) is 0 Å². The minimum atomic E-state index is -0.461. The Hall–Kier alpha value is -3.02. The normalized spacial score (nSPS) is 4.53. The maximum atomic E-state index is 6.57. The summed E-state index contributed by atoms with van der Waals surface area (Å²) in [4.78, 5) is 0. The lowest BCUT2D eigenvalue weighted by Gasteiger charge is -1.79. The zero-order valence-corrected chi connectivity index (χ0v) is 9.28. The summed E-state index contributed by atoms with van der Waals surface area (Å²) in [5.41, 5.74) is 0. The average Bonchev–Trinajstić information content (AvgIpc) is 2.34. The van der Waals surface area contributed by atoms with Gasteiger partial charge in [-0.3, -0.25) is 0 Å². The topological polar surface area (TPSA) is 0 Å². The van der Waals surface area contributed by atoms with E-state index in [-0.39, 0.29) is 0 Å². The molecular formula is C16H5B. The zero-order chi connectivity index (χ0) is 12.8. The van der Waals surface area contributed by atoms with E-state index in [4.69, 9.17) is 6.42 Å². The number of rotatable bonds is 0. The molecule has 0 bridgehead atoms. The summed E-state index contributed by atoms with van der Waals surface area (Å²) in [5.74, 6) is 32.7. The Bertz CT molecular complexity index is 626. The van der Waals surface area contributed by atoms with E-state index in [9.17, 15) is 0 Å². The van der Waals surface area contributed by atoms with Gasteiger partial charge in [-0.05, 0) is 60.7 Å². The molecule has 0 saturated carbocycles. The van der Waals surface area contributed by atoms with Crippen LogP contribution >= 0.6 is 0 Å². The van der Waals surface area contributed by atoms with Crippen molar-refractivity contribution in [3.8, 4) is 76.7 Å². The first kappa shape index (κ1) is 14.0. The quantitative estimate of drug-likeness (QED) is 0.403. The number of hydrogen-bond donors (Lipinski definition) is 0. The van der Waals surface area contributed by atoms with Gasteiger partial charge in [0.15, 0.2) is 0 Å². The zero-order valence-electron chi connectivity index (χ0n) is 9.28. The van der Waals surface area contributed by atoms with E-state index >= 15 is 0 Å². The Morgan fingerprint density at radius 2 is 1.41 bits per heavy atom. The van der Waals surface area contributed by atoms with Crippen LogP contribution < -0.4 is 0 Å². The SMILES string of the molecule is [C]#CC#CC#CB(C#CC#C[CH2])C#CC#CC. The van der Waals surface area contributed by atoms with Crippen molar-refractivity contribution in [2.24, 2.45) is 0 Å². The molecule has 2 radical (unpaired) electrons. The molecule has 0 nitrogen and oxygen atoms in total. The molecule has 1 heteroatoms. The maximum Gasteiger partial charge on any atom is 0.398 e. The van der Waals surface area contributed by atoms with Crippen LogP contribution in [-0.4, -0.2) is 6.71 Å². The molecule has 0 N–H and O–H groups in total. The van der Waals surface area contributed by atoms with Crippen LogP contribution in [0.5, 0.6) is 0 Å². The molecule has 0 rings (SSSR count). The van der Waals surface area contributed by atoms with Crippen LogP contribution in [0.4, 0.5) is 0 Å². The van der Waals surface area contributed by atoms with Crippen LogP contribution in [0.25, 0.3) is 0 Å². The minimum Gasteiger partial charge on any atom is -0.106 e. The van der Waals surface area contributed by atoms with E-state index in [1.54, 1.807) is 6.92 Å². The molecule has 0 aliphatic heterocycles. The number of hydrogen-bond acceptors (Lipinski definition) is 0. The molecule has 0 aliphatic rings. The van der Waals surface area contributed by atoms with Gasteiger partial charge in [0.05, 0.1) is 0 Å². The molecule has 0 amide bonds. The minimum absolute atomic E-state index is 0.461. The molecule has 0 heterocycles. The van der Waals surface area contributed by atoms with E-state index < -0.39 is 6.71 Å². The second-order valence-electron chi connectivity index (χ2n) is 2.29. The molecule has 0 aromatic carbocycles. The Balaban J connectivity index is 4.97. The Labute approximate surface area is 104 Å². The summed E-state index contributed by atoms with van der Waals surface area (Å²) in [5, 5.41) is 0. The highest BCUT2D eigenvalue weighted by Gasteiger charge is 2.00. The van der Waals surface area contributed by atoms with Crippen molar-refractivity contribution in [2.45, 2.75) is 6.92 Å². The van der Waals surface area contributed by atoms with Crippen LogP contribution in [0.3, 0.4) is 0 Å². The van der Waals surface area contributed by atoms with Crippen molar-refractivity contribution in [1.82, 2.24) is 0 Å². The highest BCUT2D eigenvalue weighted by molar-refractivity contribution is 6.82. The molecule has 0 atom stereocenters. The summed E-state index contributed by atoms with van der Waals surface area (Å²) in [6.07, 6.45) is 6.57. The third-order valence-corrected chi connectivity index (χ3v) is 1.18. The van der Waals surface area contributed by atoms with Gasteiger partial charge >= 0.3 is 6.71 Å². The third-order valence-electron chi connectivity index (χ3n) is 1.18.